The molecule has 1 atom stereocenters. The highest BCUT2D eigenvalue weighted by Crippen LogP contribution is 2.07. The van der Waals surface area contributed by atoms with E-state index in [0.717, 1.165) is 12.8 Å². The van der Waals surface area contributed by atoms with Gasteiger partial charge in [-0.3, -0.25) is 4.79 Å². The Kier molecular flexibility index (Phi) is 5.83. The van der Waals surface area contributed by atoms with Gasteiger partial charge in [-0.15, -0.1) is 0 Å². The van der Waals surface area contributed by atoms with Crippen molar-refractivity contribution < 1.29 is 4.79 Å². The molecule has 1 amide bonds. The first-order chi connectivity index (χ1) is 6.81. The molecule has 0 unspecified atom stereocenters. The Morgan fingerprint density at radius 2 is 2.00 bits per heavy atom. The van der Waals surface area contributed by atoms with Gasteiger partial charge in [0.2, 0.25) is 5.91 Å². The molecule has 0 saturated heterocycles. The van der Waals surface area contributed by atoms with Crippen molar-refractivity contribution in [3.63, 3.8) is 0 Å². The van der Waals surface area contributed by atoms with Crippen molar-refractivity contribution in [2.75, 3.05) is 20.6 Å². The SMILES string of the molecule is CCC[C@H](N)C(=O)NCC(C)(C)N(C)C. The van der Waals surface area contributed by atoms with Crippen LogP contribution in [0, 0.1) is 0 Å². The predicted octanol–water partition coefficient (Wildman–Crippen LogP) is 0.570. The van der Waals surface area contributed by atoms with Gasteiger partial charge < -0.3 is 16.0 Å². The number of carbonyl (C=O) groups is 1. The summed E-state index contributed by atoms with van der Waals surface area (Å²) in [6, 6.07) is -0.368. The Morgan fingerprint density at radius 1 is 1.47 bits per heavy atom. The lowest BCUT2D eigenvalue weighted by Gasteiger charge is -2.33. The van der Waals surface area contributed by atoms with Crippen molar-refractivity contribution in [1.29, 1.82) is 0 Å². The minimum atomic E-state index is -0.368. The molecule has 0 heterocycles. The van der Waals surface area contributed by atoms with Crippen molar-refractivity contribution in [3.8, 4) is 0 Å². The van der Waals surface area contributed by atoms with Gasteiger partial charge in [-0.2, -0.15) is 0 Å². The zero-order valence-corrected chi connectivity index (χ0v) is 10.6. The molecule has 0 spiro atoms. The average molecular weight is 215 g/mol. The van der Waals surface area contributed by atoms with E-state index in [2.05, 4.69) is 24.1 Å². The Balaban J connectivity index is 4.00. The maximum absolute atomic E-state index is 11.5. The van der Waals surface area contributed by atoms with E-state index >= 15 is 0 Å². The Labute approximate surface area is 93.2 Å². The van der Waals surface area contributed by atoms with Crippen LogP contribution < -0.4 is 11.1 Å². The lowest BCUT2D eigenvalue weighted by atomic mass is 10.0. The number of hydrogen-bond acceptors (Lipinski definition) is 3. The smallest absolute Gasteiger partial charge is 0.236 e. The largest absolute Gasteiger partial charge is 0.353 e. The fourth-order valence-corrected chi connectivity index (χ4v) is 1.03. The minimum absolute atomic E-state index is 0.0401. The number of likely N-dealkylation sites (N-methyl/N-ethyl adjacent to an activating group) is 1. The molecule has 0 aliphatic heterocycles. The molecule has 0 rings (SSSR count). The van der Waals surface area contributed by atoms with Gasteiger partial charge >= 0.3 is 0 Å². The maximum Gasteiger partial charge on any atom is 0.236 e. The van der Waals surface area contributed by atoms with Gasteiger partial charge in [0, 0.05) is 12.1 Å². The molecule has 0 bridgehead atoms. The Morgan fingerprint density at radius 3 is 2.40 bits per heavy atom. The summed E-state index contributed by atoms with van der Waals surface area (Å²) in [7, 11) is 4.00. The normalized spacial score (nSPS) is 14.1. The number of rotatable bonds is 6. The third-order valence-electron chi connectivity index (χ3n) is 2.84. The fraction of sp³-hybridized carbons (Fsp3) is 0.909. The van der Waals surface area contributed by atoms with Crippen LogP contribution in [-0.2, 0) is 4.79 Å². The molecule has 0 fully saturated rings. The molecule has 0 aliphatic rings. The zero-order chi connectivity index (χ0) is 12.1. The first kappa shape index (κ1) is 14.4. The highest BCUT2D eigenvalue weighted by atomic mass is 16.2. The van der Waals surface area contributed by atoms with Crippen molar-refractivity contribution in [2.45, 2.75) is 45.2 Å². The molecule has 0 aromatic carbocycles. The van der Waals surface area contributed by atoms with Gasteiger partial charge in [-0.25, -0.2) is 0 Å². The second kappa shape index (κ2) is 6.08. The van der Waals surface area contributed by atoms with Crippen LogP contribution in [0.3, 0.4) is 0 Å². The van der Waals surface area contributed by atoms with E-state index < -0.39 is 0 Å². The lowest BCUT2D eigenvalue weighted by Crippen LogP contribution is -2.51. The van der Waals surface area contributed by atoms with E-state index in [9.17, 15) is 4.79 Å². The number of amides is 1. The summed E-state index contributed by atoms with van der Waals surface area (Å²) in [5.74, 6) is -0.0493. The Hall–Kier alpha value is -0.610. The third kappa shape index (κ3) is 5.14. The van der Waals surface area contributed by atoms with Crippen molar-refractivity contribution in [2.24, 2.45) is 5.73 Å². The van der Waals surface area contributed by atoms with Crippen LogP contribution >= 0.6 is 0 Å². The van der Waals surface area contributed by atoms with Crippen molar-refractivity contribution in [1.82, 2.24) is 10.2 Å². The van der Waals surface area contributed by atoms with E-state index in [1.165, 1.54) is 0 Å². The van der Waals surface area contributed by atoms with Crippen LogP contribution in [-0.4, -0.2) is 43.0 Å². The molecule has 0 aliphatic carbocycles. The van der Waals surface area contributed by atoms with Crippen LogP contribution in [0.15, 0.2) is 0 Å². The average Bonchev–Trinajstić information content (AvgIpc) is 2.14. The fourth-order valence-electron chi connectivity index (χ4n) is 1.03. The second-order valence-electron chi connectivity index (χ2n) is 4.82. The first-order valence-corrected chi connectivity index (χ1v) is 5.52. The van der Waals surface area contributed by atoms with E-state index in [4.69, 9.17) is 5.73 Å². The maximum atomic E-state index is 11.5. The van der Waals surface area contributed by atoms with Gasteiger partial charge in [-0.05, 0) is 34.4 Å². The number of nitrogens with zero attached hydrogens (tertiary/aromatic N) is 1. The monoisotopic (exact) mass is 215 g/mol. The van der Waals surface area contributed by atoms with Gasteiger partial charge in [0.25, 0.3) is 0 Å². The molecule has 4 heteroatoms. The number of nitrogens with one attached hydrogen (secondary N) is 1. The summed E-state index contributed by atoms with van der Waals surface area (Å²) in [5, 5.41) is 2.88. The van der Waals surface area contributed by atoms with Gasteiger partial charge in [-0.1, -0.05) is 13.3 Å². The molecule has 0 aromatic rings. The molecule has 3 N–H and O–H groups in total. The molecule has 90 valence electrons. The lowest BCUT2D eigenvalue weighted by molar-refractivity contribution is -0.123. The van der Waals surface area contributed by atoms with Crippen molar-refractivity contribution >= 4 is 5.91 Å². The summed E-state index contributed by atoms with van der Waals surface area (Å²) < 4.78 is 0. The van der Waals surface area contributed by atoms with Crippen molar-refractivity contribution in [3.05, 3.63) is 0 Å². The zero-order valence-electron chi connectivity index (χ0n) is 10.6. The molecule has 15 heavy (non-hydrogen) atoms. The van der Waals surface area contributed by atoms with Crippen LogP contribution in [0.25, 0.3) is 0 Å². The molecule has 0 radical (unpaired) electrons. The highest BCUT2D eigenvalue weighted by Gasteiger charge is 2.22. The van der Waals surface area contributed by atoms with Gasteiger partial charge in [0.1, 0.15) is 0 Å². The minimum Gasteiger partial charge on any atom is -0.353 e. The van der Waals surface area contributed by atoms with Gasteiger partial charge in [0.15, 0.2) is 0 Å². The van der Waals surface area contributed by atoms with E-state index in [-0.39, 0.29) is 17.5 Å². The molecular weight excluding hydrogens is 190 g/mol. The third-order valence-corrected chi connectivity index (χ3v) is 2.84. The van der Waals surface area contributed by atoms with Crippen LogP contribution in [0.4, 0.5) is 0 Å². The molecule has 0 aromatic heterocycles. The standard InChI is InChI=1S/C11H25N3O/c1-6-7-9(12)10(15)13-8-11(2,3)14(4)5/h9H,6-8,12H2,1-5H3,(H,13,15)/t9-/m0/s1. The number of hydrogen-bond donors (Lipinski definition) is 2. The molecular formula is C11H25N3O. The summed E-state index contributed by atoms with van der Waals surface area (Å²) in [6.07, 6.45) is 1.68. The summed E-state index contributed by atoms with van der Waals surface area (Å²) in [6.45, 7) is 6.81. The molecule has 4 nitrogen and oxygen atoms in total. The number of nitrogens with two attached hydrogens (primary N) is 1. The van der Waals surface area contributed by atoms with Gasteiger partial charge in [0.05, 0.1) is 6.04 Å². The van der Waals surface area contributed by atoms with E-state index in [1.807, 2.05) is 21.0 Å². The van der Waals surface area contributed by atoms with Crippen LogP contribution in [0.1, 0.15) is 33.6 Å². The predicted molar refractivity (Wildman–Crippen MR) is 63.7 cm³/mol. The second-order valence-corrected chi connectivity index (χ2v) is 4.82. The van der Waals surface area contributed by atoms with Crippen LogP contribution in [0.5, 0.6) is 0 Å². The summed E-state index contributed by atoms with van der Waals surface area (Å²) >= 11 is 0. The topological polar surface area (TPSA) is 58.4 Å². The van der Waals surface area contributed by atoms with E-state index in [0.29, 0.717) is 6.54 Å². The van der Waals surface area contributed by atoms with Crippen LogP contribution in [0.2, 0.25) is 0 Å². The Bertz CT molecular complexity index is 202. The summed E-state index contributed by atoms with van der Waals surface area (Å²) in [5.41, 5.74) is 5.67. The first-order valence-electron chi connectivity index (χ1n) is 5.52. The van der Waals surface area contributed by atoms with E-state index in [1.54, 1.807) is 0 Å². The molecule has 0 saturated carbocycles. The highest BCUT2D eigenvalue weighted by molar-refractivity contribution is 5.81. The summed E-state index contributed by atoms with van der Waals surface area (Å²) in [4.78, 5) is 13.6. The number of carbonyl (C=O) groups excluding carboxylic acids is 1. The quantitative estimate of drug-likeness (QED) is 0.681.